The topological polar surface area (TPSA) is 146 Å². The van der Waals surface area contributed by atoms with Gasteiger partial charge in [-0.15, -0.1) is 0 Å². The number of likely N-dealkylation sites (tertiary alicyclic amines) is 1. The van der Waals surface area contributed by atoms with Gasteiger partial charge in [-0.3, -0.25) is 9.69 Å². The minimum atomic E-state index is -4.00. The number of esters is 1. The van der Waals surface area contributed by atoms with Crippen LogP contribution in [0.25, 0.3) is 0 Å². The summed E-state index contributed by atoms with van der Waals surface area (Å²) in [5, 5.41) is 9.35. The van der Waals surface area contributed by atoms with Gasteiger partial charge in [0, 0.05) is 51.2 Å². The zero-order valence-electron chi connectivity index (χ0n) is 32.5. The predicted molar refractivity (Wildman–Crippen MR) is 215 cm³/mol. The third-order valence-electron chi connectivity index (χ3n) is 10.0. The van der Waals surface area contributed by atoms with Crippen LogP contribution >= 0.6 is 0 Å². The van der Waals surface area contributed by atoms with Crippen LogP contribution in [0.15, 0.2) is 120 Å². The van der Waals surface area contributed by atoms with Crippen LogP contribution in [-0.4, -0.2) is 101 Å². The largest absolute Gasteiger partial charge is 0.465 e. The number of alkyl carbamates (subject to hydrolysis) is 1. The first kappa shape index (κ1) is 42.1. The molecule has 0 aromatic heterocycles. The molecule has 1 saturated heterocycles. The van der Waals surface area contributed by atoms with Crippen molar-refractivity contribution in [3.63, 3.8) is 0 Å². The molecule has 56 heavy (non-hydrogen) atoms. The van der Waals surface area contributed by atoms with Crippen LogP contribution in [0.5, 0.6) is 0 Å². The maximum absolute atomic E-state index is 14.5. The molecule has 298 valence electrons. The van der Waals surface area contributed by atoms with Crippen LogP contribution in [0.1, 0.15) is 53.2 Å². The van der Waals surface area contributed by atoms with E-state index in [-0.39, 0.29) is 34.9 Å². The molecule has 3 atom stereocenters. The Morgan fingerprint density at radius 2 is 1.38 bits per heavy atom. The first-order chi connectivity index (χ1) is 27.0. The first-order valence-corrected chi connectivity index (χ1v) is 20.4. The van der Waals surface area contributed by atoms with Crippen LogP contribution in [0.2, 0.25) is 0 Å². The molecular weight excluding hydrogens is 731 g/mol. The molecule has 2 amide bonds. The summed E-state index contributed by atoms with van der Waals surface area (Å²) < 4.78 is 40.3. The van der Waals surface area contributed by atoms with E-state index in [9.17, 15) is 22.8 Å². The number of hydrogen-bond acceptors (Lipinski definition) is 9. The minimum absolute atomic E-state index is 0.0944. The fraction of sp³-hybridized carbons (Fsp3) is 0.372. The van der Waals surface area contributed by atoms with E-state index in [1.807, 2.05) is 78.9 Å². The summed E-state index contributed by atoms with van der Waals surface area (Å²) in [6.07, 6.45) is -0.0780. The number of amides is 2. The van der Waals surface area contributed by atoms with Gasteiger partial charge in [-0.2, -0.15) is 4.31 Å². The van der Waals surface area contributed by atoms with Gasteiger partial charge in [0.2, 0.25) is 15.9 Å². The van der Waals surface area contributed by atoms with E-state index in [0.717, 1.165) is 16.7 Å². The van der Waals surface area contributed by atoms with Crippen molar-refractivity contribution in [2.75, 3.05) is 46.9 Å². The first-order valence-electron chi connectivity index (χ1n) is 18.9. The van der Waals surface area contributed by atoms with Crippen molar-refractivity contribution >= 4 is 28.0 Å². The molecule has 1 unspecified atom stereocenters. The Hall–Kier alpha value is -5.08. The fourth-order valence-corrected chi connectivity index (χ4v) is 8.80. The Morgan fingerprint density at radius 3 is 1.93 bits per heavy atom. The normalized spacial score (nSPS) is 16.5. The third kappa shape index (κ3) is 11.0. The van der Waals surface area contributed by atoms with Crippen molar-refractivity contribution in [2.24, 2.45) is 5.92 Å². The van der Waals surface area contributed by atoms with Crippen LogP contribution in [0.4, 0.5) is 4.79 Å². The van der Waals surface area contributed by atoms with Gasteiger partial charge in [-0.25, -0.2) is 18.0 Å². The second-order valence-corrected chi connectivity index (χ2v) is 16.2. The van der Waals surface area contributed by atoms with Gasteiger partial charge in [0.1, 0.15) is 6.04 Å². The molecule has 1 aliphatic heterocycles. The molecule has 0 saturated carbocycles. The number of hydrogen-bond donors (Lipinski definition) is 3. The molecule has 0 aliphatic carbocycles. The zero-order valence-corrected chi connectivity index (χ0v) is 33.3. The van der Waals surface area contributed by atoms with Gasteiger partial charge in [0.15, 0.2) is 0 Å². The summed E-state index contributed by atoms with van der Waals surface area (Å²) in [5.74, 6) is -1.19. The molecule has 13 heteroatoms. The average Bonchev–Trinajstić information content (AvgIpc) is 3.61. The smallest absolute Gasteiger partial charge is 0.407 e. The molecule has 1 aliphatic rings. The maximum atomic E-state index is 14.5. The van der Waals surface area contributed by atoms with E-state index >= 15 is 0 Å². The summed E-state index contributed by atoms with van der Waals surface area (Å²) in [4.78, 5) is 41.0. The Balaban J connectivity index is 1.37. The molecule has 5 rings (SSSR count). The number of benzene rings is 4. The quantitative estimate of drug-likeness (QED) is 0.0936. The Bertz CT molecular complexity index is 1930. The second kappa shape index (κ2) is 20.2. The molecule has 3 N–H and O–H groups in total. The molecule has 0 radical (unpaired) electrons. The Kier molecular flexibility index (Phi) is 15.2. The Morgan fingerprint density at radius 1 is 0.786 bits per heavy atom. The van der Waals surface area contributed by atoms with E-state index in [4.69, 9.17) is 9.47 Å². The van der Waals surface area contributed by atoms with E-state index in [1.165, 1.54) is 38.5 Å². The number of ether oxygens (including phenoxy) is 2. The summed E-state index contributed by atoms with van der Waals surface area (Å²) in [7, 11) is -1.46. The molecule has 4 aromatic rings. The number of nitrogens with one attached hydrogen (secondary N) is 3. The lowest BCUT2D eigenvalue weighted by molar-refractivity contribution is -0.123. The van der Waals surface area contributed by atoms with Crippen molar-refractivity contribution in [1.29, 1.82) is 0 Å². The van der Waals surface area contributed by atoms with Gasteiger partial charge in [-0.1, -0.05) is 105 Å². The molecule has 1 fully saturated rings. The highest BCUT2D eigenvalue weighted by atomic mass is 32.2. The standard InChI is InChI=1S/C43H53N5O7S/c1-31(2)24-27-48(56(52,53)36-22-20-35(21-23-36)42(50)54-3)38-30-47(28-32-14-8-5-9-15-32)29-37(38)44-25-26-45-41(49)40(46-43(51)55-4)39(33-16-10-6-11-17-33)34-18-12-7-13-19-34/h5-23,31,37-40,44H,24-30H2,1-4H3,(H,45,49)(H,46,51)/t37-,38-,40?/m1/s1. The monoisotopic (exact) mass is 783 g/mol. The van der Waals surface area contributed by atoms with Gasteiger partial charge in [0.05, 0.1) is 30.7 Å². The lowest BCUT2D eigenvalue weighted by Crippen LogP contribution is -2.54. The summed E-state index contributed by atoms with van der Waals surface area (Å²) >= 11 is 0. The molecule has 1 heterocycles. The van der Waals surface area contributed by atoms with Crippen molar-refractivity contribution in [2.45, 2.75) is 55.8 Å². The van der Waals surface area contributed by atoms with Crippen LogP contribution < -0.4 is 16.0 Å². The summed E-state index contributed by atoms with van der Waals surface area (Å²) in [5.41, 5.74) is 3.08. The van der Waals surface area contributed by atoms with Crippen molar-refractivity contribution < 1.29 is 32.3 Å². The fourth-order valence-electron chi connectivity index (χ4n) is 7.13. The van der Waals surface area contributed by atoms with Gasteiger partial charge in [0.25, 0.3) is 0 Å². The molecule has 4 aromatic carbocycles. The van der Waals surface area contributed by atoms with E-state index in [0.29, 0.717) is 39.1 Å². The predicted octanol–water partition coefficient (Wildman–Crippen LogP) is 5.03. The lowest BCUT2D eigenvalue weighted by Gasteiger charge is -2.33. The SMILES string of the molecule is COC(=O)NC(C(=O)NCCN[C@@H]1CN(Cc2ccccc2)C[C@H]1N(CCC(C)C)S(=O)(=O)c1ccc(C(=O)OC)cc1)C(c1ccccc1)c1ccccc1. The van der Waals surface area contributed by atoms with Crippen molar-refractivity contribution in [3.8, 4) is 0 Å². The maximum Gasteiger partial charge on any atom is 0.407 e. The number of carbonyl (C=O) groups is 3. The number of carbonyl (C=O) groups excluding carboxylic acids is 3. The van der Waals surface area contributed by atoms with Crippen LogP contribution in [-0.2, 0) is 30.8 Å². The third-order valence-corrected chi connectivity index (χ3v) is 12.0. The molecular formula is C43H53N5O7S. The number of rotatable bonds is 18. The van der Waals surface area contributed by atoms with Crippen molar-refractivity contribution in [1.82, 2.24) is 25.2 Å². The second-order valence-electron chi connectivity index (χ2n) is 14.3. The van der Waals surface area contributed by atoms with E-state index in [2.05, 4.69) is 46.8 Å². The summed E-state index contributed by atoms with van der Waals surface area (Å²) in [6, 6.07) is 33.2. The molecule has 12 nitrogen and oxygen atoms in total. The highest BCUT2D eigenvalue weighted by Crippen LogP contribution is 2.29. The van der Waals surface area contributed by atoms with Crippen LogP contribution in [0.3, 0.4) is 0 Å². The average molecular weight is 784 g/mol. The lowest BCUT2D eigenvalue weighted by atomic mass is 9.84. The van der Waals surface area contributed by atoms with Crippen molar-refractivity contribution in [3.05, 3.63) is 138 Å². The Labute approximate surface area is 330 Å². The highest BCUT2D eigenvalue weighted by molar-refractivity contribution is 7.89. The van der Waals surface area contributed by atoms with Crippen LogP contribution in [0, 0.1) is 5.92 Å². The van der Waals surface area contributed by atoms with Gasteiger partial charge >= 0.3 is 12.1 Å². The number of sulfonamides is 1. The minimum Gasteiger partial charge on any atom is -0.465 e. The van der Waals surface area contributed by atoms with Gasteiger partial charge < -0.3 is 25.4 Å². The molecule has 0 spiro atoms. The highest BCUT2D eigenvalue weighted by Gasteiger charge is 2.42. The van der Waals surface area contributed by atoms with Gasteiger partial charge in [-0.05, 0) is 53.3 Å². The van der Waals surface area contributed by atoms with E-state index in [1.54, 1.807) is 4.31 Å². The molecule has 0 bridgehead atoms. The number of methoxy groups -OCH3 is 2. The van der Waals surface area contributed by atoms with E-state index < -0.39 is 40.1 Å². The zero-order chi connectivity index (χ0) is 40.1. The summed E-state index contributed by atoms with van der Waals surface area (Å²) in [6.45, 7) is 6.67. The number of nitrogens with zero attached hydrogens (tertiary/aromatic N) is 2.